The molecule has 1 aliphatic rings. The van der Waals surface area contributed by atoms with Crippen LogP contribution in [0.2, 0.25) is 0 Å². The first-order chi connectivity index (χ1) is 10.8. The van der Waals surface area contributed by atoms with Crippen molar-refractivity contribution in [3.05, 3.63) is 71.8 Å². The molecule has 1 atom stereocenters. The van der Waals surface area contributed by atoms with E-state index >= 15 is 0 Å². The molecule has 3 heteroatoms. The first-order valence-electron chi connectivity index (χ1n) is 7.71. The number of nitrogens with zero attached hydrogens (tertiary/aromatic N) is 1. The maximum atomic E-state index is 12.5. The Balaban J connectivity index is 2.03. The molecule has 2 aromatic carbocycles. The van der Waals surface area contributed by atoms with Crippen molar-refractivity contribution in [2.24, 2.45) is 0 Å². The molecule has 1 amide bonds. The lowest BCUT2D eigenvalue weighted by molar-refractivity contribution is -0.131. The van der Waals surface area contributed by atoms with E-state index in [0.29, 0.717) is 13.0 Å². The third-order valence-electron chi connectivity index (χ3n) is 4.24. The molecule has 2 aromatic rings. The summed E-state index contributed by atoms with van der Waals surface area (Å²) in [5.41, 5.74) is 2.29. The molecule has 1 aliphatic heterocycles. The third-order valence-corrected chi connectivity index (χ3v) is 4.24. The summed E-state index contributed by atoms with van der Waals surface area (Å²) >= 11 is 0. The lowest BCUT2D eigenvalue weighted by Gasteiger charge is -2.34. The summed E-state index contributed by atoms with van der Waals surface area (Å²) in [5.74, 6) is 0.208. The Morgan fingerprint density at radius 2 is 1.59 bits per heavy atom. The van der Waals surface area contributed by atoms with E-state index < -0.39 is 0 Å². The minimum Gasteiger partial charge on any atom is -0.383 e. The molecule has 0 saturated carbocycles. The van der Waals surface area contributed by atoms with Crippen LogP contribution in [0.4, 0.5) is 0 Å². The topological polar surface area (TPSA) is 29.5 Å². The number of carbonyl (C=O) groups is 1. The molecule has 3 nitrogen and oxygen atoms in total. The Bertz CT molecular complexity index is 572. The van der Waals surface area contributed by atoms with Crippen molar-refractivity contribution in [1.29, 1.82) is 0 Å². The number of rotatable bonds is 5. The lowest BCUT2D eigenvalue weighted by atomic mass is 9.96. The van der Waals surface area contributed by atoms with Crippen molar-refractivity contribution < 1.29 is 9.53 Å². The van der Waals surface area contributed by atoms with E-state index in [-0.39, 0.29) is 18.0 Å². The Kier molecular flexibility index (Phi) is 4.54. The number of hydrogen-bond donors (Lipinski definition) is 0. The van der Waals surface area contributed by atoms with Gasteiger partial charge in [-0.1, -0.05) is 60.7 Å². The first-order valence-corrected chi connectivity index (χ1v) is 7.71. The summed E-state index contributed by atoms with van der Waals surface area (Å²) in [4.78, 5) is 14.5. The molecule has 0 bridgehead atoms. The van der Waals surface area contributed by atoms with Crippen LogP contribution in [0.1, 0.15) is 30.0 Å². The second-order valence-corrected chi connectivity index (χ2v) is 5.67. The van der Waals surface area contributed by atoms with Crippen LogP contribution in [0.3, 0.4) is 0 Å². The summed E-state index contributed by atoms with van der Waals surface area (Å²) < 4.78 is 5.33. The van der Waals surface area contributed by atoms with Crippen molar-refractivity contribution in [1.82, 2.24) is 4.90 Å². The van der Waals surface area contributed by atoms with Gasteiger partial charge in [-0.15, -0.1) is 0 Å². The molecule has 22 heavy (non-hydrogen) atoms. The van der Waals surface area contributed by atoms with Gasteiger partial charge in [-0.25, -0.2) is 0 Å². The third kappa shape index (κ3) is 2.90. The molecule has 0 aliphatic carbocycles. The van der Waals surface area contributed by atoms with E-state index in [1.165, 1.54) is 0 Å². The SMILES string of the molecule is COC[C@@H]1CCC(=O)N1C(c1ccccc1)c1ccccc1. The van der Waals surface area contributed by atoms with Gasteiger partial charge in [0.1, 0.15) is 0 Å². The van der Waals surface area contributed by atoms with E-state index in [1.54, 1.807) is 7.11 Å². The number of methoxy groups -OCH3 is 1. The van der Waals surface area contributed by atoms with Gasteiger partial charge >= 0.3 is 0 Å². The van der Waals surface area contributed by atoms with Gasteiger partial charge in [-0.2, -0.15) is 0 Å². The Hall–Kier alpha value is -2.13. The van der Waals surface area contributed by atoms with Gasteiger partial charge in [0.15, 0.2) is 0 Å². The quantitative estimate of drug-likeness (QED) is 0.846. The van der Waals surface area contributed by atoms with E-state index in [0.717, 1.165) is 17.5 Å². The average Bonchev–Trinajstić information content (AvgIpc) is 2.92. The van der Waals surface area contributed by atoms with Gasteiger partial charge in [0.25, 0.3) is 0 Å². The highest BCUT2D eigenvalue weighted by molar-refractivity contribution is 5.80. The van der Waals surface area contributed by atoms with Crippen molar-refractivity contribution in [2.45, 2.75) is 24.9 Å². The molecule has 1 saturated heterocycles. The number of ether oxygens (including phenoxy) is 1. The minimum absolute atomic E-state index is 0.0439. The zero-order chi connectivity index (χ0) is 15.4. The second kappa shape index (κ2) is 6.75. The molecule has 114 valence electrons. The highest BCUT2D eigenvalue weighted by atomic mass is 16.5. The largest absolute Gasteiger partial charge is 0.383 e. The normalized spacial score (nSPS) is 18.2. The maximum Gasteiger partial charge on any atom is 0.223 e. The van der Waals surface area contributed by atoms with Gasteiger partial charge in [0.05, 0.1) is 18.7 Å². The summed E-state index contributed by atoms with van der Waals surface area (Å²) in [6.07, 6.45) is 1.47. The van der Waals surface area contributed by atoms with Crippen molar-refractivity contribution in [2.75, 3.05) is 13.7 Å². The summed E-state index contributed by atoms with van der Waals surface area (Å²) in [5, 5.41) is 0. The number of likely N-dealkylation sites (tertiary alicyclic amines) is 1. The van der Waals surface area contributed by atoms with Gasteiger partial charge in [-0.05, 0) is 17.5 Å². The lowest BCUT2D eigenvalue weighted by Crippen LogP contribution is -2.39. The molecule has 1 heterocycles. The van der Waals surface area contributed by atoms with E-state index in [2.05, 4.69) is 24.3 Å². The van der Waals surface area contributed by atoms with Crippen LogP contribution in [0.5, 0.6) is 0 Å². The van der Waals surface area contributed by atoms with E-state index in [9.17, 15) is 4.79 Å². The monoisotopic (exact) mass is 295 g/mol. The predicted molar refractivity (Wildman–Crippen MR) is 86.5 cm³/mol. The Morgan fingerprint density at radius 1 is 1.05 bits per heavy atom. The van der Waals surface area contributed by atoms with Crippen LogP contribution in [0, 0.1) is 0 Å². The van der Waals surface area contributed by atoms with Crippen LogP contribution in [0.25, 0.3) is 0 Å². The fraction of sp³-hybridized carbons (Fsp3) is 0.316. The first kappa shape index (κ1) is 14.8. The molecule has 1 fully saturated rings. The van der Waals surface area contributed by atoms with E-state index in [1.807, 2.05) is 41.3 Å². The molecule has 0 radical (unpaired) electrons. The number of carbonyl (C=O) groups excluding carboxylic acids is 1. The summed E-state index contributed by atoms with van der Waals surface area (Å²) in [6, 6.07) is 20.6. The number of amides is 1. The van der Waals surface area contributed by atoms with E-state index in [4.69, 9.17) is 4.74 Å². The zero-order valence-corrected chi connectivity index (χ0v) is 12.8. The molecule has 0 unspecified atom stereocenters. The standard InChI is InChI=1S/C19H21NO2/c1-22-14-17-12-13-18(21)20(17)19(15-8-4-2-5-9-15)16-10-6-3-7-11-16/h2-11,17,19H,12-14H2,1H3/t17-/m0/s1. The molecular formula is C19H21NO2. The van der Waals surface area contributed by atoms with Crippen LogP contribution in [0.15, 0.2) is 60.7 Å². The fourth-order valence-electron chi connectivity index (χ4n) is 3.26. The minimum atomic E-state index is -0.0439. The van der Waals surface area contributed by atoms with Crippen LogP contribution in [-0.2, 0) is 9.53 Å². The highest BCUT2D eigenvalue weighted by Crippen LogP contribution is 2.35. The molecular weight excluding hydrogens is 274 g/mol. The van der Waals surface area contributed by atoms with Crippen molar-refractivity contribution in [3.8, 4) is 0 Å². The van der Waals surface area contributed by atoms with Crippen LogP contribution in [-0.4, -0.2) is 30.6 Å². The number of hydrogen-bond acceptors (Lipinski definition) is 2. The Morgan fingerprint density at radius 3 is 2.09 bits per heavy atom. The van der Waals surface area contributed by atoms with Crippen LogP contribution < -0.4 is 0 Å². The Labute approximate surface area is 131 Å². The van der Waals surface area contributed by atoms with Gasteiger partial charge < -0.3 is 9.64 Å². The summed E-state index contributed by atoms with van der Waals surface area (Å²) in [6.45, 7) is 0.585. The summed E-state index contributed by atoms with van der Waals surface area (Å²) in [7, 11) is 1.70. The smallest absolute Gasteiger partial charge is 0.223 e. The second-order valence-electron chi connectivity index (χ2n) is 5.67. The fourth-order valence-corrected chi connectivity index (χ4v) is 3.26. The van der Waals surface area contributed by atoms with Gasteiger partial charge in [0, 0.05) is 13.5 Å². The zero-order valence-electron chi connectivity index (χ0n) is 12.8. The van der Waals surface area contributed by atoms with Crippen molar-refractivity contribution >= 4 is 5.91 Å². The number of benzene rings is 2. The molecule has 0 N–H and O–H groups in total. The van der Waals surface area contributed by atoms with Crippen LogP contribution >= 0.6 is 0 Å². The molecule has 3 rings (SSSR count). The van der Waals surface area contributed by atoms with Gasteiger partial charge in [-0.3, -0.25) is 4.79 Å². The molecule has 0 aromatic heterocycles. The molecule has 0 spiro atoms. The van der Waals surface area contributed by atoms with Gasteiger partial charge in [0.2, 0.25) is 5.91 Å². The highest BCUT2D eigenvalue weighted by Gasteiger charge is 2.37. The predicted octanol–water partition coefficient (Wildman–Crippen LogP) is 3.41. The maximum absolute atomic E-state index is 12.5. The average molecular weight is 295 g/mol. The van der Waals surface area contributed by atoms with Crippen molar-refractivity contribution in [3.63, 3.8) is 0 Å².